The number of Topliss-reactive ketones (excluding diaryl/α,β-unsaturated/α-hetero) is 2. The summed E-state index contributed by atoms with van der Waals surface area (Å²) in [5.41, 5.74) is 0.422. The Morgan fingerprint density at radius 3 is 2.52 bits per heavy atom. The minimum absolute atomic E-state index is 0.00994. The lowest BCUT2D eigenvalue weighted by Crippen LogP contribution is -2.60. The van der Waals surface area contributed by atoms with E-state index in [0.29, 0.717) is 19.3 Å². The molecule has 10 nitrogen and oxygen atoms in total. The van der Waals surface area contributed by atoms with E-state index in [2.05, 4.69) is 26.1 Å². The van der Waals surface area contributed by atoms with Crippen molar-refractivity contribution in [1.82, 2.24) is 5.32 Å². The molecule has 0 aromatic rings. The highest BCUT2D eigenvalue weighted by atomic mass is 16.7. The second kappa shape index (κ2) is 15.5. The Morgan fingerprint density at radius 1 is 0.958 bits per heavy atom. The molecule has 266 valence electrons. The molecule has 7 aliphatic rings. The average Bonchev–Trinajstić information content (AvgIpc) is 3.73. The summed E-state index contributed by atoms with van der Waals surface area (Å²) in [4.78, 5) is 51.7. The number of ketones is 2. The molecule has 0 unspecified atom stereocenters. The van der Waals surface area contributed by atoms with Gasteiger partial charge in [0.1, 0.15) is 11.9 Å². The van der Waals surface area contributed by atoms with Crippen LogP contribution in [0, 0.1) is 17.8 Å². The molecule has 7 rings (SSSR count). The zero-order chi connectivity index (χ0) is 34.6. The minimum Gasteiger partial charge on any atom is -0.451 e. The molecule has 1 spiro atoms. The number of ether oxygens (including phenoxy) is 5. The molecule has 1 amide bonds. The van der Waals surface area contributed by atoms with Crippen LogP contribution in [0.3, 0.4) is 0 Å². The Hall–Kier alpha value is -2.66. The molecule has 0 aliphatic carbocycles. The predicted octanol–water partition coefficient (Wildman–Crippen LogP) is 5.82. The molecule has 7 heterocycles. The first-order valence-electron chi connectivity index (χ1n) is 18.1. The van der Waals surface area contributed by atoms with Gasteiger partial charge in [0.05, 0.1) is 30.0 Å². The van der Waals surface area contributed by atoms with Crippen LogP contribution < -0.4 is 5.32 Å². The van der Waals surface area contributed by atoms with Crippen LogP contribution in [-0.2, 0) is 42.9 Å². The first kappa shape index (κ1) is 36.6. The third kappa shape index (κ3) is 8.73. The SMILES string of the molecule is CCCC(=O)N/C=C\C=C\C[C@@H]1OC(=O)/C=C(/C)[C@H](C)C[C@H]2O[C@H]2[C@@H]2CC[C@H]3O[C@@]4(CC[C@]3(C)O2)O[C@@H](CC(=O)[C@@H](C)CC1=O)C[C@@H]4C. The topological polar surface area (TPSA) is 130 Å². The van der Waals surface area contributed by atoms with Gasteiger partial charge in [-0.25, -0.2) is 4.79 Å². The van der Waals surface area contributed by atoms with Crippen molar-refractivity contribution in [2.75, 3.05) is 0 Å². The number of amides is 1. The lowest BCUT2D eigenvalue weighted by Gasteiger charge is -2.53. The van der Waals surface area contributed by atoms with Gasteiger partial charge in [-0.2, -0.15) is 0 Å². The fraction of sp³-hybridized carbons (Fsp3) is 0.737. The standard InChI is InChI=1S/C38H55NO9/c1-7-11-34(42)39-17-10-8-9-12-30-29(41)18-25(4)28(40)22-27-21-26(5)38(46-27)16-15-37(6)33(48-38)14-13-31(47-37)36-32(45-36)19-23(2)24(3)20-35(43)44-30/h8-10,17,20,23,25-27,30-33,36H,7,11-16,18-19,21-22H2,1-6H3,(H,39,42)/b9-8+,17-10-,24-20-/t23-,25+,26+,27-,30+,31+,32-,33-,36+,37+,38-/m1/s1. The van der Waals surface area contributed by atoms with E-state index in [9.17, 15) is 19.2 Å². The van der Waals surface area contributed by atoms with Gasteiger partial charge in [0.2, 0.25) is 5.91 Å². The predicted molar refractivity (Wildman–Crippen MR) is 178 cm³/mol. The van der Waals surface area contributed by atoms with Gasteiger partial charge < -0.3 is 29.0 Å². The average molecular weight is 670 g/mol. The quantitative estimate of drug-likeness (QED) is 0.211. The fourth-order valence-corrected chi connectivity index (χ4v) is 7.76. The molecule has 0 aromatic carbocycles. The number of hydrogen-bond donors (Lipinski definition) is 1. The van der Waals surface area contributed by atoms with Crippen LogP contribution in [0.1, 0.15) is 112 Å². The van der Waals surface area contributed by atoms with Gasteiger partial charge in [0.25, 0.3) is 0 Å². The number of epoxide rings is 1. The van der Waals surface area contributed by atoms with Gasteiger partial charge in [-0.1, -0.05) is 45.4 Å². The third-order valence-electron chi connectivity index (χ3n) is 11.1. The van der Waals surface area contributed by atoms with Gasteiger partial charge in [-0.15, -0.1) is 0 Å². The van der Waals surface area contributed by atoms with Crippen LogP contribution >= 0.6 is 0 Å². The van der Waals surface area contributed by atoms with Crippen molar-refractivity contribution in [2.24, 2.45) is 17.8 Å². The normalized spacial score (nSPS) is 42.2. The first-order chi connectivity index (χ1) is 22.8. The van der Waals surface area contributed by atoms with Crippen LogP contribution in [0.15, 0.2) is 36.1 Å². The highest BCUT2D eigenvalue weighted by Crippen LogP contribution is 2.52. The van der Waals surface area contributed by atoms with E-state index in [1.54, 1.807) is 25.2 Å². The van der Waals surface area contributed by atoms with Crippen molar-refractivity contribution in [2.45, 2.75) is 160 Å². The summed E-state index contributed by atoms with van der Waals surface area (Å²) in [6.07, 6.45) is 12.8. The van der Waals surface area contributed by atoms with Gasteiger partial charge in [-0.05, 0) is 64.4 Å². The Morgan fingerprint density at radius 2 is 1.75 bits per heavy atom. The molecule has 7 aliphatic heterocycles. The summed E-state index contributed by atoms with van der Waals surface area (Å²) in [6.45, 7) is 11.9. The van der Waals surface area contributed by atoms with Gasteiger partial charge in [0, 0.05) is 56.2 Å². The summed E-state index contributed by atoms with van der Waals surface area (Å²) in [5, 5.41) is 2.68. The summed E-state index contributed by atoms with van der Waals surface area (Å²) < 4.78 is 31.9. The van der Waals surface area contributed by atoms with Crippen LogP contribution in [-0.4, -0.2) is 71.5 Å². The zero-order valence-electron chi connectivity index (χ0n) is 29.5. The van der Waals surface area contributed by atoms with Crippen molar-refractivity contribution in [3.8, 4) is 0 Å². The monoisotopic (exact) mass is 669 g/mol. The molecular formula is C38H55NO9. The Bertz CT molecular complexity index is 1310. The van der Waals surface area contributed by atoms with Gasteiger partial charge in [-0.3, -0.25) is 14.4 Å². The number of fused-ring (bicyclic) bond motifs is 2. The maximum absolute atomic E-state index is 13.5. The van der Waals surface area contributed by atoms with E-state index in [1.807, 2.05) is 13.8 Å². The molecule has 4 fully saturated rings. The van der Waals surface area contributed by atoms with Crippen molar-refractivity contribution in [3.63, 3.8) is 0 Å². The Balaban J connectivity index is 1.31. The molecule has 1 N–H and O–H groups in total. The Kier molecular flexibility index (Phi) is 11.8. The Labute approximate surface area is 285 Å². The number of carbonyl (C=O) groups excluding carboxylic acids is 4. The number of allylic oxidation sites excluding steroid dienone is 3. The smallest absolute Gasteiger partial charge is 0.331 e. The first-order valence-corrected chi connectivity index (χ1v) is 18.1. The number of esters is 1. The van der Waals surface area contributed by atoms with Crippen molar-refractivity contribution in [1.29, 1.82) is 0 Å². The number of rotatable bonds is 6. The van der Waals surface area contributed by atoms with E-state index >= 15 is 0 Å². The van der Waals surface area contributed by atoms with Gasteiger partial charge in [0.15, 0.2) is 17.7 Å². The van der Waals surface area contributed by atoms with Crippen LogP contribution in [0.25, 0.3) is 0 Å². The van der Waals surface area contributed by atoms with E-state index in [4.69, 9.17) is 23.7 Å². The molecule has 0 radical (unpaired) electrons. The maximum atomic E-state index is 13.5. The molecule has 0 saturated carbocycles. The summed E-state index contributed by atoms with van der Waals surface area (Å²) in [6, 6.07) is 0. The van der Waals surface area contributed by atoms with E-state index in [-0.39, 0.29) is 79.1 Å². The zero-order valence-corrected chi connectivity index (χ0v) is 29.5. The maximum Gasteiger partial charge on any atom is 0.331 e. The summed E-state index contributed by atoms with van der Waals surface area (Å²) >= 11 is 0. The molecular weight excluding hydrogens is 614 g/mol. The summed E-state index contributed by atoms with van der Waals surface area (Å²) in [5.74, 6) is -2.16. The third-order valence-corrected chi connectivity index (χ3v) is 11.1. The molecule has 11 atom stereocenters. The molecule has 10 heteroatoms. The van der Waals surface area contributed by atoms with Crippen molar-refractivity contribution in [3.05, 3.63) is 36.1 Å². The van der Waals surface area contributed by atoms with Gasteiger partial charge >= 0.3 is 5.97 Å². The minimum atomic E-state index is -1.05. The molecule has 4 saturated heterocycles. The number of hydrogen-bond acceptors (Lipinski definition) is 9. The fourth-order valence-electron chi connectivity index (χ4n) is 7.76. The molecule has 5 bridgehead atoms. The summed E-state index contributed by atoms with van der Waals surface area (Å²) in [7, 11) is 0. The highest BCUT2D eigenvalue weighted by molar-refractivity contribution is 5.92. The lowest BCUT2D eigenvalue weighted by atomic mass is 9.78. The van der Waals surface area contributed by atoms with Crippen LogP contribution in [0.4, 0.5) is 0 Å². The second-order valence-corrected chi connectivity index (χ2v) is 15.0. The highest BCUT2D eigenvalue weighted by Gasteiger charge is 2.59. The van der Waals surface area contributed by atoms with E-state index < -0.39 is 29.4 Å². The van der Waals surface area contributed by atoms with E-state index in [1.165, 1.54) is 12.3 Å². The lowest BCUT2D eigenvalue weighted by molar-refractivity contribution is -0.344. The number of nitrogens with one attached hydrogen (secondary N) is 1. The van der Waals surface area contributed by atoms with Crippen molar-refractivity contribution >= 4 is 23.4 Å². The van der Waals surface area contributed by atoms with Crippen LogP contribution in [0.5, 0.6) is 0 Å². The largest absolute Gasteiger partial charge is 0.451 e. The van der Waals surface area contributed by atoms with E-state index in [0.717, 1.165) is 37.7 Å². The molecule has 0 aromatic heterocycles. The number of carbonyl (C=O) groups is 4. The van der Waals surface area contributed by atoms with Crippen LogP contribution in [0.2, 0.25) is 0 Å². The van der Waals surface area contributed by atoms with Crippen molar-refractivity contribution < 1.29 is 42.9 Å². The second-order valence-electron chi connectivity index (χ2n) is 15.0. The molecule has 48 heavy (non-hydrogen) atoms.